The van der Waals surface area contributed by atoms with Gasteiger partial charge < -0.3 is 19.7 Å². The number of aromatic nitrogens is 2. The van der Waals surface area contributed by atoms with E-state index in [2.05, 4.69) is 9.97 Å². The molecule has 2 N–H and O–H groups in total. The summed E-state index contributed by atoms with van der Waals surface area (Å²) in [6.45, 7) is 0.806. The number of H-pyrrole nitrogens is 1. The molecule has 8 heteroatoms. The normalized spacial score (nSPS) is 13.9. The van der Waals surface area contributed by atoms with Crippen molar-refractivity contribution in [3.05, 3.63) is 54.1 Å². The number of aliphatic carboxylic acids is 1. The number of carboxylic acid groups (broad SMARTS) is 1. The lowest BCUT2D eigenvalue weighted by Crippen LogP contribution is -2.35. The summed E-state index contributed by atoms with van der Waals surface area (Å²) in [6.07, 6.45) is 3.66. The summed E-state index contributed by atoms with van der Waals surface area (Å²) in [7, 11) is 1.54. The first-order chi connectivity index (χ1) is 14.5. The van der Waals surface area contributed by atoms with Gasteiger partial charge in [-0.3, -0.25) is 9.59 Å². The molecule has 1 amide bonds. The molecule has 1 aliphatic rings. The lowest BCUT2D eigenvalue weighted by molar-refractivity contribution is -0.144. The molecule has 0 saturated carbocycles. The summed E-state index contributed by atoms with van der Waals surface area (Å²) >= 11 is 0. The summed E-state index contributed by atoms with van der Waals surface area (Å²) in [4.78, 5) is 31.9. The van der Waals surface area contributed by atoms with E-state index in [1.54, 1.807) is 19.4 Å². The van der Waals surface area contributed by atoms with E-state index in [1.165, 1.54) is 17.0 Å². The zero-order valence-electron chi connectivity index (χ0n) is 16.3. The minimum atomic E-state index is -1.13. The largest absolute Gasteiger partial charge is 0.496 e. The highest BCUT2D eigenvalue weighted by atomic mass is 19.1. The Morgan fingerprint density at radius 3 is 2.80 bits per heavy atom. The van der Waals surface area contributed by atoms with Crippen LogP contribution in [0.15, 0.2) is 42.6 Å². The number of ether oxygens (including phenoxy) is 1. The molecule has 1 aromatic carbocycles. The minimum Gasteiger partial charge on any atom is -0.496 e. The molecule has 0 fully saturated rings. The van der Waals surface area contributed by atoms with E-state index in [-0.39, 0.29) is 5.82 Å². The monoisotopic (exact) mass is 409 g/mol. The second-order valence-corrected chi connectivity index (χ2v) is 7.04. The molecule has 7 nitrogen and oxygen atoms in total. The zero-order valence-corrected chi connectivity index (χ0v) is 16.3. The van der Waals surface area contributed by atoms with Gasteiger partial charge in [0.2, 0.25) is 5.91 Å². The molecule has 3 aromatic rings. The summed E-state index contributed by atoms with van der Waals surface area (Å²) in [5.41, 5.74) is 3.99. The van der Waals surface area contributed by atoms with Crippen LogP contribution in [0.25, 0.3) is 27.7 Å². The van der Waals surface area contributed by atoms with Crippen LogP contribution in [0.1, 0.15) is 18.5 Å². The van der Waals surface area contributed by atoms with Crippen LogP contribution in [0.4, 0.5) is 4.39 Å². The molecule has 2 aromatic heterocycles. The molecule has 154 valence electrons. The summed E-state index contributed by atoms with van der Waals surface area (Å²) in [5, 5.41) is 9.63. The van der Waals surface area contributed by atoms with Crippen molar-refractivity contribution >= 4 is 28.5 Å². The maximum atomic E-state index is 13.9. The number of carboxylic acids is 1. The molecule has 0 aliphatic carbocycles. The van der Waals surface area contributed by atoms with Crippen molar-refractivity contribution < 1.29 is 23.8 Å². The van der Waals surface area contributed by atoms with E-state index in [1.807, 2.05) is 18.2 Å². The Morgan fingerprint density at radius 2 is 2.10 bits per heavy atom. The highest BCUT2D eigenvalue weighted by molar-refractivity contribution is 5.97. The van der Waals surface area contributed by atoms with Gasteiger partial charge in [-0.05, 0) is 47.9 Å². The lowest BCUT2D eigenvalue weighted by Gasteiger charge is -2.25. The molecular weight excluding hydrogens is 389 g/mol. The minimum absolute atomic E-state index is 0.354. The van der Waals surface area contributed by atoms with Gasteiger partial charge in [0, 0.05) is 35.9 Å². The Labute approximate surface area is 171 Å². The number of nitrogens with one attached hydrogen (secondary N) is 1. The number of hydrogen-bond donors (Lipinski definition) is 2. The second kappa shape index (κ2) is 7.98. The fraction of sp³-hybridized carbons (Fsp3) is 0.227. The van der Waals surface area contributed by atoms with Crippen molar-refractivity contribution in [1.82, 2.24) is 14.9 Å². The highest BCUT2D eigenvalue weighted by Crippen LogP contribution is 2.36. The fourth-order valence-electron chi connectivity index (χ4n) is 3.71. The van der Waals surface area contributed by atoms with Gasteiger partial charge in [0.15, 0.2) is 0 Å². The molecule has 4 rings (SSSR count). The van der Waals surface area contributed by atoms with E-state index in [0.717, 1.165) is 22.2 Å². The first-order valence-corrected chi connectivity index (χ1v) is 9.47. The predicted octanol–water partition coefficient (Wildman–Crippen LogP) is 3.47. The Balaban J connectivity index is 1.67. The smallest absolute Gasteiger partial charge is 0.312 e. The van der Waals surface area contributed by atoms with Crippen LogP contribution in [0.2, 0.25) is 0 Å². The number of aromatic amines is 1. The summed E-state index contributed by atoms with van der Waals surface area (Å²) in [5.74, 6) is -1.31. The van der Waals surface area contributed by atoms with Crippen LogP contribution in [-0.4, -0.2) is 52.1 Å². The average molecular weight is 409 g/mol. The van der Waals surface area contributed by atoms with E-state index in [0.29, 0.717) is 36.5 Å². The number of carbonyl (C=O) groups excluding carboxylic acids is 1. The number of fused-ring (bicyclic) bond motifs is 1. The molecule has 0 spiro atoms. The van der Waals surface area contributed by atoms with Crippen LogP contribution in [0, 0.1) is 5.82 Å². The number of methoxy groups -OCH3 is 1. The van der Waals surface area contributed by atoms with Crippen LogP contribution < -0.4 is 4.74 Å². The van der Waals surface area contributed by atoms with Crippen molar-refractivity contribution in [3.63, 3.8) is 0 Å². The molecular formula is C22H20FN3O4. The van der Waals surface area contributed by atoms with Gasteiger partial charge in [-0.25, -0.2) is 9.37 Å². The Bertz CT molecular complexity index is 1170. The van der Waals surface area contributed by atoms with E-state index in [4.69, 9.17) is 9.84 Å². The fourth-order valence-corrected chi connectivity index (χ4v) is 3.71. The average Bonchev–Trinajstić information content (AvgIpc) is 3.18. The molecule has 30 heavy (non-hydrogen) atoms. The summed E-state index contributed by atoms with van der Waals surface area (Å²) in [6, 6.07) is 8.16. The van der Waals surface area contributed by atoms with Crippen molar-refractivity contribution in [3.8, 4) is 16.9 Å². The first kappa shape index (κ1) is 19.6. The number of carbonyl (C=O) groups is 2. The van der Waals surface area contributed by atoms with Crippen molar-refractivity contribution in [1.29, 1.82) is 0 Å². The number of pyridine rings is 1. The molecule has 1 aliphatic heterocycles. The SMILES string of the molecule is COc1ccc(F)cc1-c1ccnc2[nH]c(C3=CCN(C(=O)CC(=O)O)CC3)cc12. The van der Waals surface area contributed by atoms with Crippen molar-refractivity contribution in [2.75, 3.05) is 20.2 Å². The molecule has 3 heterocycles. The van der Waals surface area contributed by atoms with Gasteiger partial charge in [0.1, 0.15) is 23.6 Å². The molecule has 0 atom stereocenters. The zero-order chi connectivity index (χ0) is 21.3. The third-order valence-electron chi connectivity index (χ3n) is 5.19. The van der Waals surface area contributed by atoms with E-state index in [9.17, 15) is 14.0 Å². The Kier molecular flexibility index (Phi) is 5.22. The molecule has 0 unspecified atom stereocenters. The maximum Gasteiger partial charge on any atom is 0.312 e. The number of rotatable bonds is 5. The topological polar surface area (TPSA) is 95.5 Å². The molecule has 0 saturated heterocycles. The van der Waals surface area contributed by atoms with Crippen molar-refractivity contribution in [2.45, 2.75) is 12.8 Å². The van der Waals surface area contributed by atoms with E-state index < -0.39 is 18.3 Å². The maximum absolute atomic E-state index is 13.9. The second-order valence-electron chi connectivity index (χ2n) is 7.04. The Morgan fingerprint density at radius 1 is 1.27 bits per heavy atom. The van der Waals surface area contributed by atoms with Crippen LogP contribution in [0.5, 0.6) is 5.75 Å². The predicted molar refractivity (Wildman–Crippen MR) is 109 cm³/mol. The van der Waals surface area contributed by atoms with Crippen LogP contribution in [0.3, 0.4) is 0 Å². The van der Waals surface area contributed by atoms with Gasteiger partial charge in [0.25, 0.3) is 0 Å². The molecule has 0 bridgehead atoms. The quantitative estimate of drug-likeness (QED) is 0.629. The number of amides is 1. The van der Waals surface area contributed by atoms with Gasteiger partial charge in [-0.2, -0.15) is 0 Å². The van der Waals surface area contributed by atoms with Crippen molar-refractivity contribution in [2.24, 2.45) is 0 Å². The van der Waals surface area contributed by atoms with Gasteiger partial charge in [-0.15, -0.1) is 0 Å². The van der Waals surface area contributed by atoms with Gasteiger partial charge in [0.05, 0.1) is 7.11 Å². The number of hydrogen-bond acceptors (Lipinski definition) is 4. The first-order valence-electron chi connectivity index (χ1n) is 9.47. The summed E-state index contributed by atoms with van der Waals surface area (Å²) < 4.78 is 19.3. The number of halogens is 1. The van der Waals surface area contributed by atoms with Gasteiger partial charge >= 0.3 is 5.97 Å². The lowest BCUT2D eigenvalue weighted by atomic mass is 10.0. The highest BCUT2D eigenvalue weighted by Gasteiger charge is 2.21. The van der Waals surface area contributed by atoms with Crippen LogP contribution >= 0.6 is 0 Å². The standard InChI is InChI=1S/C22H20FN3O4/c1-30-19-3-2-14(23)10-16(19)15-4-7-24-22-17(15)11-18(25-22)13-5-8-26(9-6-13)20(27)12-21(28)29/h2-5,7,10-11H,6,8-9,12H2,1H3,(H,24,25)(H,28,29). The number of benzene rings is 1. The third-order valence-corrected chi connectivity index (χ3v) is 5.19. The third kappa shape index (κ3) is 3.76. The van der Waals surface area contributed by atoms with E-state index >= 15 is 0 Å². The molecule has 0 radical (unpaired) electrons. The van der Waals surface area contributed by atoms with Crippen LogP contribution in [-0.2, 0) is 9.59 Å². The number of nitrogens with zero attached hydrogens (tertiary/aromatic N) is 2. The van der Waals surface area contributed by atoms with Gasteiger partial charge in [-0.1, -0.05) is 6.08 Å². The Hall–Kier alpha value is -3.68.